The largest absolute Gasteiger partial charge is 0.365 e. The van der Waals surface area contributed by atoms with Gasteiger partial charge in [-0.25, -0.2) is 0 Å². The molecule has 2 aromatic carbocycles. The summed E-state index contributed by atoms with van der Waals surface area (Å²) < 4.78 is 5.54. The summed E-state index contributed by atoms with van der Waals surface area (Å²) in [6, 6.07) is 14.5. The number of anilines is 1. The van der Waals surface area contributed by atoms with Crippen LogP contribution < -0.4 is 10.2 Å². The van der Waals surface area contributed by atoms with Gasteiger partial charge in [0.25, 0.3) is 11.8 Å². The lowest BCUT2D eigenvalue weighted by atomic mass is 10.1. The van der Waals surface area contributed by atoms with Gasteiger partial charge in [0.05, 0.1) is 12.6 Å². The lowest BCUT2D eigenvalue weighted by Crippen LogP contribution is -2.50. The average molecular weight is 359 g/mol. The van der Waals surface area contributed by atoms with Crippen molar-refractivity contribution in [1.82, 2.24) is 5.32 Å². The molecule has 6 heteroatoms. The fraction of sp³-hybridized carbons (Fsp3) is 0.263. The Labute approximate surface area is 151 Å². The van der Waals surface area contributed by atoms with Crippen molar-refractivity contribution in [1.29, 1.82) is 0 Å². The third-order valence-electron chi connectivity index (χ3n) is 4.02. The summed E-state index contributed by atoms with van der Waals surface area (Å²) in [4.78, 5) is 26.0. The zero-order chi connectivity index (χ0) is 17.8. The van der Waals surface area contributed by atoms with Crippen LogP contribution in [0.5, 0.6) is 0 Å². The molecule has 2 aromatic rings. The summed E-state index contributed by atoms with van der Waals surface area (Å²) in [5.74, 6) is -0.276. The molecule has 1 aliphatic heterocycles. The van der Waals surface area contributed by atoms with Crippen LogP contribution in [0.4, 0.5) is 5.69 Å². The molecule has 25 heavy (non-hydrogen) atoms. The molecule has 0 aliphatic carbocycles. The van der Waals surface area contributed by atoms with Crippen LogP contribution in [-0.4, -0.2) is 37.6 Å². The lowest BCUT2D eigenvalue weighted by Gasteiger charge is -2.33. The van der Waals surface area contributed by atoms with Crippen LogP contribution in [0.3, 0.4) is 0 Å². The van der Waals surface area contributed by atoms with Crippen LogP contribution in [-0.2, 0) is 9.53 Å². The molecule has 1 fully saturated rings. The normalized spacial score (nSPS) is 17.4. The van der Waals surface area contributed by atoms with E-state index in [2.05, 4.69) is 5.32 Å². The Kier molecular flexibility index (Phi) is 5.36. The van der Waals surface area contributed by atoms with E-state index in [9.17, 15) is 9.59 Å². The second kappa shape index (κ2) is 7.68. The molecular formula is C19H19ClN2O3. The van der Waals surface area contributed by atoms with E-state index >= 15 is 0 Å². The Morgan fingerprint density at radius 3 is 2.84 bits per heavy atom. The third-order valence-corrected chi connectivity index (χ3v) is 4.26. The zero-order valence-corrected chi connectivity index (χ0v) is 14.6. The number of amides is 2. The minimum atomic E-state index is -0.273. The van der Waals surface area contributed by atoms with Gasteiger partial charge in [0.2, 0.25) is 0 Å². The highest BCUT2D eigenvalue weighted by Crippen LogP contribution is 2.22. The van der Waals surface area contributed by atoms with Crippen molar-refractivity contribution in [3.8, 4) is 0 Å². The molecule has 0 saturated carbocycles. The van der Waals surface area contributed by atoms with Crippen LogP contribution in [0.2, 0.25) is 5.02 Å². The van der Waals surface area contributed by atoms with Crippen LogP contribution in [0.25, 0.3) is 0 Å². The minimum Gasteiger partial charge on any atom is -0.365 e. The smallest absolute Gasteiger partial charge is 0.253 e. The fourth-order valence-corrected chi connectivity index (χ4v) is 2.92. The number of hydrogen-bond donors (Lipinski definition) is 1. The number of ether oxygens (including phenoxy) is 1. The lowest BCUT2D eigenvalue weighted by molar-refractivity contribution is -0.129. The quantitative estimate of drug-likeness (QED) is 0.914. The van der Waals surface area contributed by atoms with Gasteiger partial charge in [0.15, 0.2) is 0 Å². The van der Waals surface area contributed by atoms with Crippen molar-refractivity contribution in [3.05, 3.63) is 64.7 Å². The summed E-state index contributed by atoms with van der Waals surface area (Å²) >= 11 is 6.01. The molecule has 3 rings (SSSR count). The van der Waals surface area contributed by atoms with Gasteiger partial charge >= 0.3 is 0 Å². The monoisotopic (exact) mass is 358 g/mol. The molecule has 0 aromatic heterocycles. The van der Waals surface area contributed by atoms with Gasteiger partial charge in [-0.3, -0.25) is 9.59 Å². The van der Waals surface area contributed by atoms with Crippen LogP contribution in [0, 0.1) is 6.92 Å². The van der Waals surface area contributed by atoms with E-state index in [1.165, 1.54) is 0 Å². The van der Waals surface area contributed by atoms with Crippen molar-refractivity contribution < 1.29 is 14.3 Å². The van der Waals surface area contributed by atoms with Crippen molar-refractivity contribution in [2.45, 2.75) is 13.0 Å². The van der Waals surface area contributed by atoms with E-state index in [1.54, 1.807) is 29.2 Å². The first-order chi connectivity index (χ1) is 12.0. The number of halogens is 1. The Balaban J connectivity index is 1.62. The summed E-state index contributed by atoms with van der Waals surface area (Å²) in [5, 5.41) is 3.44. The van der Waals surface area contributed by atoms with Gasteiger partial charge in [-0.2, -0.15) is 0 Å². The molecule has 0 bridgehead atoms. The number of benzene rings is 2. The van der Waals surface area contributed by atoms with E-state index in [0.717, 1.165) is 11.3 Å². The van der Waals surface area contributed by atoms with E-state index in [1.807, 2.05) is 31.2 Å². The van der Waals surface area contributed by atoms with Crippen molar-refractivity contribution in [3.63, 3.8) is 0 Å². The Morgan fingerprint density at radius 2 is 2.08 bits per heavy atom. The number of hydrogen-bond acceptors (Lipinski definition) is 3. The molecular weight excluding hydrogens is 340 g/mol. The second-order valence-corrected chi connectivity index (χ2v) is 6.43. The summed E-state index contributed by atoms with van der Waals surface area (Å²) in [7, 11) is 0. The predicted molar refractivity (Wildman–Crippen MR) is 97.1 cm³/mol. The number of morpholine rings is 1. The number of carbonyl (C=O) groups excluding carboxylic acids is 2. The van der Waals surface area contributed by atoms with Crippen molar-refractivity contribution >= 4 is 29.1 Å². The number of carbonyl (C=O) groups is 2. The molecule has 1 heterocycles. The first kappa shape index (κ1) is 17.5. The topological polar surface area (TPSA) is 58.6 Å². The number of nitrogens with one attached hydrogen (secondary N) is 1. The van der Waals surface area contributed by atoms with Gasteiger partial charge in [-0.15, -0.1) is 0 Å². The highest BCUT2D eigenvalue weighted by Gasteiger charge is 2.27. The SMILES string of the molecule is Cc1cccc(C(=O)NCC2CN(c3cccc(Cl)c3)C(=O)CO2)c1. The maximum atomic E-state index is 12.2. The molecule has 1 atom stereocenters. The van der Waals surface area contributed by atoms with Gasteiger partial charge in [0.1, 0.15) is 6.61 Å². The number of rotatable bonds is 4. The number of aryl methyl sites for hydroxylation is 1. The van der Waals surface area contributed by atoms with E-state index in [4.69, 9.17) is 16.3 Å². The summed E-state index contributed by atoms with van der Waals surface area (Å²) in [6.07, 6.45) is -0.273. The molecule has 130 valence electrons. The highest BCUT2D eigenvalue weighted by atomic mass is 35.5. The molecule has 0 spiro atoms. The highest BCUT2D eigenvalue weighted by molar-refractivity contribution is 6.30. The Bertz CT molecular complexity index is 794. The second-order valence-electron chi connectivity index (χ2n) is 6.00. The summed E-state index contributed by atoms with van der Waals surface area (Å²) in [5.41, 5.74) is 2.37. The van der Waals surface area contributed by atoms with E-state index in [-0.39, 0.29) is 24.5 Å². The summed E-state index contributed by atoms with van der Waals surface area (Å²) in [6.45, 7) is 2.62. The zero-order valence-electron chi connectivity index (χ0n) is 13.9. The average Bonchev–Trinajstić information content (AvgIpc) is 2.60. The van der Waals surface area contributed by atoms with Gasteiger partial charge in [-0.05, 0) is 37.3 Å². The first-order valence-electron chi connectivity index (χ1n) is 8.05. The van der Waals surface area contributed by atoms with Crippen LogP contribution in [0.1, 0.15) is 15.9 Å². The number of nitrogens with zero attached hydrogens (tertiary/aromatic N) is 1. The maximum Gasteiger partial charge on any atom is 0.253 e. The van der Waals surface area contributed by atoms with Crippen molar-refractivity contribution in [2.75, 3.05) is 24.6 Å². The molecule has 2 amide bonds. The fourth-order valence-electron chi connectivity index (χ4n) is 2.74. The Hall–Kier alpha value is -2.37. The van der Waals surface area contributed by atoms with Gasteiger partial charge < -0.3 is 15.0 Å². The molecule has 1 N–H and O–H groups in total. The molecule has 0 radical (unpaired) electrons. The van der Waals surface area contributed by atoms with E-state index < -0.39 is 0 Å². The van der Waals surface area contributed by atoms with E-state index in [0.29, 0.717) is 23.7 Å². The molecule has 1 aliphatic rings. The minimum absolute atomic E-state index is 0.0164. The molecule has 5 nitrogen and oxygen atoms in total. The van der Waals surface area contributed by atoms with Crippen LogP contribution in [0.15, 0.2) is 48.5 Å². The van der Waals surface area contributed by atoms with Crippen molar-refractivity contribution in [2.24, 2.45) is 0 Å². The molecule has 1 unspecified atom stereocenters. The third kappa shape index (κ3) is 4.38. The molecule has 1 saturated heterocycles. The predicted octanol–water partition coefficient (Wildman–Crippen LogP) is 2.81. The van der Waals surface area contributed by atoms with Gasteiger partial charge in [-0.1, -0.05) is 35.4 Å². The standard InChI is InChI=1S/C19H19ClN2O3/c1-13-4-2-5-14(8-13)19(24)21-10-17-11-22(18(23)12-25-17)16-7-3-6-15(20)9-16/h2-9,17H,10-12H2,1H3,(H,21,24). The van der Waals surface area contributed by atoms with Gasteiger partial charge in [0, 0.05) is 22.8 Å². The maximum absolute atomic E-state index is 12.2. The van der Waals surface area contributed by atoms with Crippen LogP contribution >= 0.6 is 11.6 Å². The first-order valence-corrected chi connectivity index (χ1v) is 8.43. The Morgan fingerprint density at radius 1 is 1.28 bits per heavy atom.